The molecule has 0 spiro atoms. The molecule has 8 heteroatoms. The minimum atomic E-state index is -1.25. The number of ether oxygens (including phenoxy) is 2. The number of Topliss-reactive ketones (excluding diaryl/α,β-unsaturated/α-hetero) is 2. The highest BCUT2D eigenvalue weighted by molar-refractivity contribution is 6.11. The lowest BCUT2D eigenvalue weighted by Gasteiger charge is -2.08. The molecule has 1 aromatic rings. The Balaban J connectivity index is 0.00000135. The van der Waals surface area contributed by atoms with Gasteiger partial charge in [-0.05, 0) is 18.2 Å². The molecule has 0 aliphatic rings. The highest BCUT2D eigenvalue weighted by Gasteiger charge is 2.16. The third-order valence-electron chi connectivity index (χ3n) is 2.41. The number of benzene rings is 1. The molecule has 2 N–H and O–H groups in total. The SMILES string of the molecule is COc1ccc(C(=O)CC(=O)CC(=O)O)cc1OC.O=CO. The molecular weight excluding hydrogens is 296 g/mol. The summed E-state index contributed by atoms with van der Waals surface area (Å²) >= 11 is 0. The zero-order chi connectivity index (χ0) is 17.1. The fraction of sp³-hybridized carbons (Fsp3) is 0.286. The van der Waals surface area contributed by atoms with Crippen molar-refractivity contribution < 1.29 is 38.9 Å². The van der Waals surface area contributed by atoms with Gasteiger partial charge in [-0.1, -0.05) is 0 Å². The lowest BCUT2D eigenvalue weighted by molar-refractivity contribution is -0.140. The van der Waals surface area contributed by atoms with Gasteiger partial charge in [0.1, 0.15) is 6.42 Å². The summed E-state index contributed by atoms with van der Waals surface area (Å²) in [6.45, 7) is -0.250. The van der Waals surface area contributed by atoms with Gasteiger partial charge in [-0.15, -0.1) is 0 Å². The molecule has 0 fully saturated rings. The summed E-state index contributed by atoms with van der Waals surface area (Å²) in [4.78, 5) is 41.8. The maximum atomic E-state index is 11.8. The number of aliphatic carboxylic acids is 1. The van der Waals surface area contributed by atoms with Crippen LogP contribution < -0.4 is 9.47 Å². The van der Waals surface area contributed by atoms with E-state index in [1.54, 1.807) is 6.07 Å². The van der Waals surface area contributed by atoms with Crippen molar-refractivity contribution in [2.45, 2.75) is 12.8 Å². The second-order valence-electron chi connectivity index (χ2n) is 3.88. The molecule has 8 nitrogen and oxygen atoms in total. The van der Waals surface area contributed by atoms with Crippen LogP contribution in [0.2, 0.25) is 0 Å². The number of ketones is 2. The highest BCUT2D eigenvalue weighted by Crippen LogP contribution is 2.28. The molecule has 0 radical (unpaired) electrons. The Hall–Kier alpha value is -2.90. The Morgan fingerprint density at radius 2 is 1.64 bits per heavy atom. The fourth-order valence-electron chi connectivity index (χ4n) is 1.52. The molecule has 0 aromatic heterocycles. The number of carboxylic acids is 1. The number of carboxylic acid groups (broad SMARTS) is 2. The maximum Gasteiger partial charge on any atom is 0.310 e. The third-order valence-corrected chi connectivity index (χ3v) is 2.41. The van der Waals surface area contributed by atoms with Crippen molar-refractivity contribution >= 4 is 24.0 Å². The van der Waals surface area contributed by atoms with Crippen LogP contribution in [-0.2, 0) is 14.4 Å². The monoisotopic (exact) mass is 312 g/mol. The first kappa shape index (κ1) is 19.1. The normalized spacial score (nSPS) is 9.00. The van der Waals surface area contributed by atoms with Crippen LogP contribution in [0.5, 0.6) is 11.5 Å². The number of hydrogen-bond acceptors (Lipinski definition) is 6. The van der Waals surface area contributed by atoms with Gasteiger partial charge in [-0.25, -0.2) is 0 Å². The minimum Gasteiger partial charge on any atom is -0.493 e. The van der Waals surface area contributed by atoms with Crippen molar-refractivity contribution in [2.24, 2.45) is 0 Å². The van der Waals surface area contributed by atoms with Crippen molar-refractivity contribution in [2.75, 3.05) is 14.2 Å². The Morgan fingerprint density at radius 3 is 2.09 bits per heavy atom. The van der Waals surface area contributed by atoms with Gasteiger partial charge in [0.2, 0.25) is 0 Å². The molecule has 0 aliphatic heterocycles. The van der Waals surface area contributed by atoms with E-state index in [9.17, 15) is 14.4 Å². The van der Waals surface area contributed by atoms with Gasteiger partial charge in [-0.3, -0.25) is 19.2 Å². The van der Waals surface area contributed by atoms with E-state index in [0.717, 1.165) is 0 Å². The van der Waals surface area contributed by atoms with Crippen molar-refractivity contribution in [1.82, 2.24) is 0 Å². The van der Waals surface area contributed by atoms with E-state index in [4.69, 9.17) is 24.5 Å². The molecule has 0 saturated carbocycles. The molecule has 0 heterocycles. The predicted octanol–water partition coefficient (Wildman–Crippen LogP) is 1.02. The number of rotatable bonds is 7. The zero-order valence-electron chi connectivity index (χ0n) is 12.1. The lowest BCUT2D eigenvalue weighted by Crippen LogP contribution is -2.12. The third kappa shape index (κ3) is 6.51. The first-order chi connectivity index (χ1) is 10.4. The Morgan fingerprint density at radius 1 is 1.09 bits per heavy atom. The van der Waals surface area contributed by atoms with Gasteiger partial charge in [0.25, 0.3) is 6.47 Å². The van der Waals surface area contributed by atoms with Gasteiger partial charge in [-0.2, -0.15) is 0 Å². The first-order valence-electron chi connectivity index (χ1n) is 5.96. The number of carbonyl (C=O) groups excluding carboxylic acids is 2. The van der Waals surface area contributed by atoms with Crippen molar-refractivity contribution in [1.29, 1.82) is 0 Å². The standard InChI is InChI=1S/C13H14O6.CH2O2/c1-18-11-4-3-8(5-12(11)19-2)10(15)6-9(14)7-13(16)17;2-1-3/h3-5H,6-7H2,1-2H3,(H,16,17);1H,(H,2,3). The van der Waals surface area contributed by atoms with E-state index in [-0.39, 0.29) is 12.0 Å². The molecule has 1 rings (SSSR count). The molecule has 1 aromatic carbocycles. The summed E-state index contributed by atoms with van der Waals surface area (Å²) in [6, 6.07) is 4.50. The molecule has 0 saturated heterocycles. The maximum absolute atomic E-state index is 11.8. The fourth-order valence-corrected chi connectivity index (χ4v) is 1.52. The van der Waals surface area contributed by atoms with E-state index in [2.05, 4.69) is 0 Å². The first-order valence-corrected chi connectivity index (χ1v) is 5.96. The molecular formula is C14H16O8. The smallest absolute Gasteiger partial charge is 0.310 e. The van der Waals surface area contributed by atoms with E-state index >= 15 is 0 Å². The second-order valence-corrected chi connectivity index (χ2v) is 3.88. The second kappa shape index (κ2) is 9.92. The van der Waals surface area contributed by atoms with Crippen molar-refractivity contribution in [3.8, 4) is 11.5 Å². The Labute approximate surface area is 126 Å². The van der Waals surface area contributed by atoms with Crippen LogP contribution in [0.25, 0.3) is 0 Å². The molecule has 0 amide bonds. The van der Waals surface area contributed by atoms with Crippen molar-refractivity contribution in [3.63, 3.8) is 0 Å². The molecule has 0 atom stereocenters. The van der Waals surface area contributed by atoms with Crippen LogP contribution >= 0.6 is 0 Å². The van der Waals surface area contributed by atoms with Crippen molar-refractivity contribution in [3.05, 3.63) is 23.8 Å². The Kier molecular flexibility index (Phi) is 8.61. The summed E-state index contributed by atoms with van der Waals surface area (Å²) in [5, 5.41) is 15.3. The summed E-state index contributed by atoms with van der Waals surface area (Å²) in [5.41, 5.74) is 0.274. The van der Waals surface area contributed by atoms with E-state index in [1.807, 2.05) is 0 Å². The summed E-state index contributed by atoms with van der Waals surface area (Å²) in [5.74, 6) is -1.49. The van der Waals surface area contributed by atoms with Gasteiger partial charge in [0.15, 0.2) is 23.1 Å². The molecule has 0 aliphatic carbocycles. The quantitative estimate of drug-likeness (QED) is 0.434. The van der Waals surface area contributed by atoms with Crippen LogP contribution in [0.3, 0.4) is 0 Å². The van der Waals surface area contributed by atoms with Crippen LogP contribution in [0.1, 0.15) is 23.2 Å². The van der Waals surface area contributed by atoms with Crippen LogP contribution in [0.15, 0.2) is 18.2 Å². The van der Waals surface area contributed by atoms with E-state index < -0.39 is 30.4 Å². The van der Waals surface area contributed by atoms with Crippen LogP contribution in [0.4, 0.5) is 0 Å². The average molecular weight is 312 g/mol. The van der Waals surface area contributed by atoms with E-state index in [1.165, 1.54) is 26.4 Å². The summed E-state index contributed by atoms with van der Waals surface area (Å²) < 4.78 is 10.1. The largest absolute Gasteiger partial charge is 0.493 e. The summed E-state index contributed by atoms with van der Waals surface area (Å²) in [7, 11) is 2.90. The predicted molar refractivity (Wildman–Crippen MR) is 74.4 cm³/mol. The number of hydrogen-bond donors (Lipinski definition) is 2. The van der Waals surface area contributed by atoms with Gasteiger partial charge in [0.05, 0.1) is 20.6 Å². The molecule has 120 valence electrons. The molecule has 0 unspecified atom stereocenters. The van der Waals surface area contributed by atoms with Gasteiger partial charge >= 0.3 is 5.97 Å². The van der Waals surface area contributed by atoms with Gasteiger partial charge in [0, 0.05) is 5.56 Å². The topological polar surface area (TPSA) is 127 Å². The minimum absolute atomic E-state index is 0.250. The number of carbonyl (C=O) groups is 4. The van der Waals surface area contributed by atoms with Crippen LogP contribution in [-0.4, -0.2) is 48.4 Å². The van der Waals surface area contributed by atoms with Gasteiger partial charge < -0.3 is 19.7 Å². The molecule has 0 bridgehead atoms. The average Bonchev–Trinajstić information content (AvgIpc) is 2.46. The lowest BCUT2D eigenvalue weighted by atomic mass is 10.0. The summed E-state index contributed by atoms with van der Waals surface area (Å²) in [6.07, 6.45) is -1.10. The Bertz CT molecular complexity index is 550. The number of methoxy groups -OCH3 is 2. The van der Waals surface area contributed by atoms with Crippen LogP contribution in [0, 0.1) is 0 Å². The zero-order valence-corrected chi connectivity index (χ0v) is 12.1. The highest BCUT2D eigenvalue weighted by atomic mass is 16.5. The molecule has 22 heavy (non-hydrogen) atoms. The van der Waals surface area contributed by atoms with E-state index in [0.29, 0.717) is 11.5 Å².